The number of rotatable bonds is 8. The third-order valence-electron chi connectivity index (χ3n) is 6.49. The Morgan fingerprint density at radius 2 is 1.22 bits per heavy atom. The lowest BCUT2D eigenvalue weighted by atomic mass is 9.92. The van der Waals surface area contributed by atoms with Crippen LogP contribution in [0, 0.1) is 0 Å². The highest BCUT2D eigenvalue weighted by molar-refractivity contribution is 6.42. The van der Waals surface area contributed by atoms with Gasteiger partial charge in [0.2, 0.25) is 0 Å². The summed E-state index contributed by atoms with van der Waals surface area (Å²) in [6.07, 6.45) is 7.93. The number of hydrogen-bond donors (Lipinski definition) is 0. The molecular weight excluding hydrogens is 463 g/mol. The van der Waals surface area contributed by atoms with Gasteiger partial charge < -0.3 is 4.57 Å². The van der Waals surface area contributed by atoms with Crippen molar-refractivity contribution in [3.05, 3.63) is 181 Å². The minimum atomic E-state index is -0.542. The Kier molecular flexibility index (Phi) is 9.28. The number of nitrogens with zero attached hydrogens (tertiary/aromatic N) is 2. The Hall–Kier alpha value is -4.15. The van der Waals surface area contributed by atoms with E-state index >= 15 is 0 Å². The molecule has 5 aromatic rings. The first-order valence-electron chi connectivity index (χ1n) is 12.5. The summed E-state index contributed by atoms with van der Waals surface area (Å²) in [4.78, 5) is 4.31. The summed E-state index contributed by atoms with van der Waals surface area (Å²) in [6.45, 7) is 3.94. The molecule has 1 heterocycles. The van der Waals surface area contributed by atoms with Crippen molar-refractivity contribution in [2.45, 2.75) is 11.2 Å². The molecule has 4 heteroatoms. The molecule has 0 fully saturated rings. The van der Waals surface area contributed by atoms with Crippen LogP contribution in [0.4, 0.5) is 0 Å². The SMILES string of the molecule is C=CC[SiH2]C(c1ccccc1)(c1ccccc1)n1ccnc1.[B]C=C(c1ccccc1)c1ccccc1. The van der Waals surface area contributed by atoms with Crippen molar-refractivity contribution in [2.24, 2.45) is 0 Å². The van der Waals surface area contributed by atoms with E-state index in [2.05, 4.69) is 107 Å². The quantitative estimate of drug-likeness (QED) is 0.174. The van der Waals surface area contributed by atoms with Gasteiger partial charge in [0, 0.05) is 12.4 Å². The Morgan fingerprint density at radius 1 is 0.757 bits per heavy atom. The number of allylic oxidation sites excluding steroid dienone is 1. The Labute approximate surface area is 224 Å². The van der Waals surface area contributed by atoms with Crippen LogP contribution >= 0.6 is 0 Å². The van der Waals surface area contributed by atoms with Gasteiger partial charge in [-0.2, -0.15) is 0 Å². The highest BCUT2D eigenvalue weighted by atomic mass is 28.2. The Bertz CT molecular complexity index is 1290. The van der Waals surface area contributed by atoms with Gasteiger partial charge >= 0.3 is 0 Å². The van der Waals surface area contributed by atoms with E-state index in [1.807, 2.05) is 55.0 Å². The lowest BCUT2D eigenvalue weighted by Gasteiger charge is -2.36. The predicted molar refractivity (Wildman–Crippen MR) is 161 cm³/mol. The topological polar surface area (TPSA) is 17.8 Å². The van der Waals surface area contributed by atoms with Gasteiger partial charge in [-0.3, -0.25) is 0 Å². The molecule has 5 rings (SSSR count). The van der Waals surface area contributed by atoms with E-state index in [0.717, 1.165) is 22.7 Å². The average Bonchev–Trinajstić information content (AvgIpc) is 3.52. The summed E-state index contributed by atoms with van der Waals surface area (Å²) in [6, 6.07) is 42.9. The van der Waals surface area contributed by atoms with E-state index < -0.39 is 9.52 Å². The van der Waals surface area contributed by atoms with Gasteiger partial charge in [0.1, 0.15) is 7.85 Å². The number of imidazole rings is 1. The van der Waals surface area contributed by atoms with Crippen molar-refractivity contribution in [3.8, 4) is 0 Å². The third kappa shape index (κ3) is 6.17. The summed E-state index contributed by atoms with van der Waals surface area (Å²) >= 11 is 0. The highest BCUT2D eigenvalue weighted by Gasteiger charge is 2.35. The first-order chi connectivity index (χ1) is 18.3. The molecule has 0 unspecified atom stereocenters. The van der Waals surface area contributed by atoms with Crippen LogP contribution in [0.5, 0.6) is 0 Å². The smallest absolute Gasteiger partial charge is 0.103 e. The summed E-state index contributed by atoms with van der Waals surface area (Å²) < 4.78 is 2.27. The maximum atomic E-state index is 5.67. The lowest BCUT2D eigenvalue weighted by molar-refractivity contribution is 0.592. The molecule has 1 aromatic heterocycles. The minimum Gasteiger partial charge on any atom is -0.327 e. The Balaban J connectivity index is 0.000000186. The molecule has 0 aliphatic heterocycles. The van der Waals surface area contributed by atoms with E-state index in [1.165, 1.54) is 11.1 Å². The molecule has 0 saturated heterocycles. The molecular formula is C33H31BN2Si. The molecule has 180 valence electrons. The van der Waals surface area contributed by atoms with Crippen LogP contribution in [-0.4, -0.2) is 26.9 Å². The van der Waals surface area contributed by atoms with Crippen LogP contribution in [0.15, 0.2) is 159 Å². The van der Waals surface area contributed by atoms with Crippen LogP contribution in [0.3, 0.4) is 0 Å². The van der Waals surface area contributed by atoms with Crippen molar-refractivity contribution >= 4 is 22.9 Å². The fraction of sp³-hybridized carbons (Fsp3) is 0.0606. The third-order valence-corrected chi connectivity index (χ3v) is 9.10. The molecule has 2 radical (unpaired) electrons. The van der Waals surface area contributed by atoms with E-state index in [4.69, 9.17) is 7.85 Å². The van der Waals surface area contributed by atoms with Crippen LogP contribution < -0.4 is 0 Å². The average molecular weight is 495 g/mol. The normalized spacial score (nSPS) is 10.9. The summed E-state index contributed by atoms with van der Waals surface area (Å²) in [5.74, 6) is 1.66. The van der Waals surface area contributed by atoms with Gasteiger partial charge in [0.15, 0.2) is 0 Å². The highest BCUT2D eigenvalue weighted by Crippen LogP contribution is 2.34. The maximum absolute atomic E-state index is 5.67. The number of benzene rings is 4. The monoisotopic (exact) mass is 494 g/mol. The van der Waals surface area contributed by atoms with E-state index in [1.54, 1.807) is 5.98 Å². The van der Waals surface area contributed by atoms with Crippen molar-refractivity contribution in [1.29, 1.82) is 0 Å². The standard InChI is InChI=1S/C19H20N2Si.C14H11B/c1-2-15-22-19(21-14-13-20-16-21,17-9-5-3-6-10-17)18-11-7-4-8-12-18;15-11-14(12-7-3-1-4-8-12)13-9-5-2-6-10-13/h2-14,16H,1,15,22H2;1-11H. The van der Waals surface area contributed by atoms with Crippen LogP contribution in [0.1, 0.15) is 22.3 Å². The molecule has 0 saturated carbocycles. The first kappa shape index (κ1) is 25.9. The second-order valence-corrected chi connectivity index (χ2v) is 10.8. The van der Waals surface area contributed by atoms with Crippen molar-refractivity contribution < 1.29 is 0 Å². The number of hydrogen-bond acceptors (Lipinski definition) is 1. The molecule has 0 aliphatic carbocycles. The lowest BCUT2D eigenvalue weighted by Crippen LogP contribution is -2.41. The fourth-order valence-corrected chi connectivity index (χ4v) is 6.82. The van der Waals surface area contributed by atoms with E-state index in [-0.39, 0.29) is 5.16 Å². The second kappa shape index (κ2) is 13.2. The molecule has 0 N–H and O–H groups in total. The predicted octanol–water partition coefficient (Wildman–Crippen LogP) is 6.65. The van der Waals surface area contributed by atoms with Crippen molar-refractivity contribution in [2.75, 3.05) is 0 Å². The maximum Gasteiger partial charge on any atom is 0.103 e. The Morgan fingerprint density at radius 3 is 1.59 bits per heavy atom. The molecule has 0 bridgehead atoms. The molecule has 2 nitrogen and oxygen atoms in total. The summed E-state index contributed by atoms with van der Waals surface area (Å²) in [5, 5.41) is -0.118. The van der Waals surface area contributed by atoms with Gasteiger partial charge in [0.05, 0.1) is 21.0 Å². The van der Waals surface area contributed by atoms with Gasteiger partial charge in [-0.15, -0.1) is 12.6 Å². The zero-order valence-electron chi connectivity index (χ0n) is 21.0. The van der Waals surface area contributed by atoms with Gasteiger partial charge in [-0.25, -0.2) is 4.98 Å². The van der Waals surface area contributed by atoms with E-state index in [9.17, 15) is 0 Å². The van der Waals surface area contributed by atoms with Gasteiger partial charge in [-0.05, 0) is 33.9 Å². The largest absolute Gasteiger partial charge is 0.327 e. The van der Waals surface area contributed by atoms with Crippen molar-refractivity contribution in [3.63, 3.8) is 0 Å². The van der Waals surface area contributed by atoms with Crippen LogP contribution in [-0.2, 0) is 5.16 Å². The van der Waals surface area contributed by atoms with Gasteiger partial charge in [0.25, 0.3) is 0 Å². The zero-order chi connectivity index (χ0) is 25.8. The first-order valence-corrected chi connectivity index (χ1v) is 14.2. The molecule has 0 spiro atoms. The zero-order valence-corrected chi connectivity index (χ0v) is 22.4. The second-order valence-electron chi connectivity index (χ2n) is 8.70. The molecule has 0 atom stereocenters. The summed E-state index contributed by atoms with van der Waals surface area (Å²) in [7, 11) is 5.13. The molecule has 0 amide bonds. The van der Waals surface area contributed by atoms with Crippen molar-refractivity contribution in [1.82, 2.24) is 9.55 Å². The summed E-state index contributed by atoms with van der Waals surface area (Å²) in [5.41, 5.74) is 6.01. The molecule has 37 heavy (non-hydrogen) atoms. The molecule has 0 aliphatic rings. The number of aromatic nitrogens is 2. The van der Waals surface area contributed by atoms with Crippen LogP contribution in [0.25, 0.3) is 5.57 Å². The van der Waals surface area contributed by atoms with Crippen LogP contribution in [0.2, 0.25) is 6.04 Å². The molecule has 4 aromatic carbocycles. The van der Waals surface area contributed by atoms with Gasteiger partial charge in [-0.1, -0.05) is 127 Å². The van der Waals surface area contributed by atoms with E-state index in [0.29, 0.717) is 0 Å². The fourth-order valence-electron chi connectivity index (χ4n) is 4.70. The minimum absolute atomic E-state index is 0.118.